The molecule has 1 unspecified atom stereocenters. The molecule has 0 fully saturated rings. The van der Waals surface area contributed by atoms with Crippen LogP contribution in [0.3, 0.4) is 0 Å². The standard InChI is InChI=1S/C19H18Cl2N2O4/c1-11-18(24)23-15-5-2-4-13(17(15)27-11)19(25)22-8-3-9-26-16-7-6-12(20)10-14(16)21/h2,4-7,10-11H,3,8-9H2,1H3,(H,22,25)(H,23,24). The summed E-state index contributed by atoms with van der Waals surface area (Å²) in [5.74, 6) is 0.409. The molecule has 2 amide bonds. The zero-order valence-electron chi connectivity index (χ0n) is 14.6. The Hall–Kier alpha value is -2.44. The maximum Gasteiger partial charge on any atom is 0.265 e. The Bertz CT molecular complexity index is 873. The predicted molar refractivity (Wildman–Crippen MR) is 104 cm³/mol. The first-order valence-electron chi connectivity index (χ1n) is 8.42. The van der Waals surface area contributed by atoms with E-state index in [2.05, 4.69) is 10.6 Å². The minimum absolute atomic E-state index is 0.238. The van der Waals surface area contributed by atoms with Crippen molar-refractivity contribution in [3.63, 3.8) is 0 Å². The number of anilines is 1. The molecular weight excluding hydrogens is 391 g/mol. The molecule has 142 valence electrons. The van der Waals surface area contributed by atoms with E-state index in [-0.39, 0.29) is 11.8 Å². The number of amides is 2. The number of carbonyl (C=O) groups is 2. The fourth-order valence-corrected chi connectivity index (χ4v) is 3.01. The zero-order chi connectivity index (χ0) is 19.4. The van der Waals surface area contributed by atoms with E-state index in [1.165, 1.54) is 0 Å². The summed E-state index contributed by atoms with van der Waals surface area (Å²) in [6.07, 6.45) is -0.0581. The minimum atomic E-state index is -0.649. The Morgan fingerprint density at radius 2 is 2.11 bits per heavy atom. The summed E-state index contributed by atoms with van der Waals surface area (Å²) in [5.41, 5.74) is 0.868. The maximum atomic E-state index is 12.4. The molecule has 1 atom stereocenters. The Morgan fingerprint density at radius 3 is 2.89 bits per heavy atom. The number of halogens is 2. The molecule has 6 nitrogen and oxygen atoms in total. The van der Waals surface area contributed by atoms with Crippen molar-refractivity contribution in [3.05, 3.63) is 52.0 Å². The monoisotopic (exact) mass is 408 g/mol. The van der Waals surface area contributed by atoms with Gasteiger partial charge in [-0.1, -0.05) is 29.3 Å². The summed E-state index contributed by atoms with van der Waals surface area (Å²) in [7, 11) is 0. The highest BCUT2D eigenvalue weighted by Gasteiger charge is 2.27. The lowest BCUT2D eigenvalue weighted by Gasteiger charge is -2.25. The molecule has 0 bridgehead atoms. The van der Waals surface area contributed by atoms with Gasteiger partial charge in [-0.05, 0) is 43.7 Å². The number of rotatable bonds is 6. The van der Waals surface area contributed by atoms with Crippen molar-refractivity contribution < 1.29 is 19.1 Å². The molecule has 1 aliphatic rings. The van der Waals surface area contributed by atoms with Gasteiger partial charge in [-0.25, -0.2) is 0 Å². The minimum Gasteiger partial charge on any atom is -0.492 e. The number of carbonyl (C=O) groups excluding carboxylic acids is 2. The molecule has 0 saturated heterocycles. The lowest BCUT2D eigenvalue weighted by atomic mass is 10.1. The van der Waals surface area contributed by atoms with E-state index in [4.69, 9.17) is 32.7 Å². The van der Waals surface area contributed by atoms with Gasteiger partial charge < -0.3 is 20.1 Å². The van der Waals surface area contributed by atoms with Crippen LogP contribution in [0.15, 0.2) is 36.4 Å². The van der Waals surface area contributed by atoms with Crippen LogP contribution in [0.4, 0.5) is 5.69 Å². The number of fused-ring (bicyclic) bond motifs is 1. The van der Waals surface area contributed by atoms with Crippen molar-refractivity contribution in [3.8, 4) is 11.5 Å². The number of benzene rings is 2. The second-order valence-corrected chi connectivity index (χ2v) is 6.81. The third-order valence-corrected chi connectivity index (χ3v) is 4.47. The maximum absolute atomic E-state index is 12.4. The zero-order valence-corrected chi connectivity index (χ0v) is 16.1. The highest BCUT2D eigenvalue weighted by molar-refractivity contribution is 6.35. The van der Waals surface area contributed by atoms with Crippen LogP contribution < -0.4 is 20.1 Å². The fourth-order valence-electron chi connectivity index (χ4n) is 2.55. The van der Waals surface area contributed by atoms with Crippen molar-refractivity contribution in [1.82, 2.24) is 5.32 Å². The van der Waals surface area contributed by atoms with Gasteiger partial charge in [-0.3, -0.25) is 9.59 Å². The third-order valence-electron chi connectivity index (χ3n) is 3.94. The molecule has 8 heteroatoms. The van der Waals surface area contributed by atoms with E-state index >= 15 is 0 Å². The van der Waals surface area contributed by atoms with Crippen molar-refractivity contribution in [2.75, 3.05) is 18.5 Å². The largest absolute Gasteiger partial charge is 0.492 e. The van der Waals surface area contributed by atoms with Crippen LogP contribution in [-0.4, -0.2) is 31.1 Å². The van der Waals surface area contributed by atoms with Gasteiger partial charge in [-0.2, -0.15) is 0 Å². The van der Waals surface area contributed by atoms with Gasteiger partial charge in [0, 0.05) is 11.6 Å². The quantitative estimate of drug-likeness (QED) is 0.710. The number of hydrogen-bond acceptors (Lipinski definition) is 4. The number of hydrogen-bond donors (Lipinski definition) is 2. The van der Waals surface area contributed by atoms with Gasteiger partial charge in [0.05, 0.1) is 22.9 Å². The summed E-state index contributed by atoms with van der Waals surface area (Å²) < 4.78 is 11.2. The predicted octanol–water partition coefficient (Wildman–Crippen LogP) is 3.91. The van der Waals surface area contributed by atoms with Crippen molar-refractivity contribution in [2.45, 2.75) is 19.4 Å². The highest BCUT2D eigenvalue weighted by atomic mass is 35.5. The van der Waals surface area contributed by atoms with Crippen LogP contribution >= 0.6 is 23.2 Å². The average molecular weight is 409 g/mol. The normalized spacial score (nSPS) is 15.4. The molecule has 2 aromatic carbocycles. The van der Waals surface area contributed by atoms with E-state index in [0.717, 1.165) is 0 Å². The second kappa shape index (κ2) is 8.50. The summed E-state index contributed by atoms with van der Waals surface area (Å²) >= 11 is 11.9. The van der Waals surface area contributed by atoms with Crippen LogP contribution in [0.2, 0.25) is 10.0 Å². The van der Waals surface area contributed by atoms with Crippen LogP contribution in [-0.2, 0) is 4.79 Å². The first-order chi connectivity index (χ1) is 13.0. The lowest BCUT2D eigenvalue weighted by Crippen LogP contribution is -2.36. The third kappa shape index (κ3) is 4.64. The Labute approximate surface area is 166 Å². The average Bonchev–Trinajstić information content (AvgIpc) is 2.63. The SMILES string of the molecule is CC1Oc2c(cccc2C(=O)NCCCOc2ccc(Cl)cc2Cl)NC1=O. The van der Waals surface area contributed by atoms with Gasteiger partial charge in [0.15, 0.2) is 11.9 Å². The van der Waals surface area contributed by atoms with Crippen LogP contribution in [0.25, 0.3) is 0 Å². The van der Waals surface area contributed by atoms with Crippen molar-refractivity contribution in [1.29, 1.82) is 0 Å². The number of para-hydroxylation sites is 1. The highest BCUT2D eigenvalue weighted by Crippen LogP contribution is 2.33. The number of nitrogens with one attached hydrogen (secondary N) is 2. The number of ether oxygens (including phenoxy) is 2. The molecule has 0 saturated carbocycles. The summed E-state index contributed by atoms with van der Waals surface area (Å²) in [6.45, 7) is 2.43. The summed E-state index contributed by atoms with van der Waals surface area (Å²) in [6, 6.07) is 10.1. The molecular formula is C19H18Cl2N2O4. The van der Waals surface area contributed by atoms with Gasteiger partial charge in [0.2, 0.25) is 0 Å². The van der Waals surface area contributed by atoms with E-state index in [1.807, 2.05) is 0 Å². The van der Waals surface area contributed by atoms with E-state index in [1.54, 1.807) is 43.3 Å². The molecule has 27 heavy (non-hydrogen) atoms. The molecule has 3 rings (SSSR count). The van der Waals surface area contributed by atoms with E-state index < -0.39 is 6.10 Å². The van der Waals surface area contributed by atoms with E-state index in [0.29, 0.717) is 52.4 Å². The second-order valence-electron chi connectivity index (χ2n) is 5.96. The lowest BCUT2D eigenvalue weighted by molar-refractivity contribution is -0.122. The van der Waals surface area contributed by atoms with Crippen molar-refractivity contribution in [2.24, 2.45) is 0 Å². The van der Waals surface area contributed by atoms with Gasteiger partial charge in [-0.15, -0.1) is 0 Å². The Kier molecular flexibility index (Phi) is 6.08. The molecule has 0 aromatic heterocycles. The first kappa shape index (κ1) is 19.3. The smallest absolute Gasteiger partial charge is 0.265 e. The van der Waals surface area contributed by atoms with Crippen molar-refractivity contribution >= 4 is 40.7 Å². The first-order valence-corrected chi connectivity index (χ1v) is 9.18. The molecule has 0 radical (unpaired) electrons. The molecule has 0 spiro atoms. The van der Waals surface area contributed by atoms with Gasteiger partial charge in [0.1, 0.15) is 5.75 Å². The molecule has 1 heterocycles. The molecule has 2 N–H and O–H groups in total. The Morgan fingerprint density at radius 1 is 1.30 bits per heavy atom. The summed E-state index contributed by atoms with van der Waals surface area (Å²) in [4.78, 5) is 24.1. The summed E-state index contributed by atoms with van der Waals surface area (Å²) in [5, 5.41) is 6.52. The van der Waals surface area contributed by atoms with Crippen LogP contribution in [0, 0.1) is 0 Å². The Balaban J connectivity index is 1.52. The fraction of sp³-hybridized carbons (Fsp3) is 0.263. The van der Waals surface area contributed by atoms with Gasteiger partial charge >= 0.3 is 0 Å². The topological polar surface area (TPSA) is 76.7 Å². The van der Waals surface area contributed by atoms with Gasteiger partial charge in [0.25, 0.3) is 11.8 Å². The van der Waals surface area contributed by atoms with E-state index in [9.17, 15) is 9.59 Å². The molecule has 1 aliphatic heterocycles. The van der Waals surface area contributed by atoms with Crippen LogP contribution in [0.5, 0.6) is 11.5 Å². The van der Waals surface area contributed by atoms with Crippen LogP contribution in [0.1, 0.15) is 23.7 Å². The molecule has 2 aromatic rings. The molecule has 0 aliphatic carbocycles.